The number of halogens is 1. The summed E-state index contributed by atoms with van der Waals surface area (Å²) in [6, 6.07) is 11.9. The highest BCUT2D eigenvalue weighted by molar-refractivity contribution is 9.10. The Bertz CT molecular complexity index is 683. The van der Waals surface area contributed by atoms with Gasteiger partial charge in [-0.05, 0) is 23.8 Å². The van der Waals surface area contributed by atoms with Crippen molar-refractivity contribution in [3.8, 4) is 0 Å². The van der Waals surface area contributed by atoms with Crippen LogP contribution in [0.1, 0.15) is 21.5 Å². The number of rotatable bonds is 4. The first-order valence-electron chi connectivity index (χ1n) is 5.89. The van der Waals surface area contributed by atoms with Crippen LogP contribution in [0.2, 0.25) is 0 Å². The van der Waals surface area contributed by atoms with Crippen LogP contribution in [-0.2, 0) is 11.2 Å². The fourth-order valence-corrected chi connectivity index (χ4v) is 2.38. The van der Waals surface area contributed by atoms with E-state index >= 15 is 0 Å². The zero-order valence-electron chi connectivity index (χ0n) is 10.5. The number of carboxylic acid groups (broad SMARTS) is 1. The van der Waals surface area contributed by atoms with Gasteiger partial charge in [-0.25, -0.2) is 0 Å². The number of hydrogen-bond donors (Lipinski definition) is 2. The Labute approximate surface area is 124 Å². The molecule has 20 heavy (non-hydrogen) atoms. The number of nitrogen functional groups attached to an aromatic ring is 1. The molecular weight excluding hydrogens is 322 g/mol. The molecule has 0 unspecified atom stereocenters. The Morgan fingerprint density at radius 3 is 2.35 bits per heavy atom. The van der Waals surface area contributed by atoms with Crippen LogP contribution in [-0.4, -0.2) is 16.9 Å². The van der Waals surface area contributed by atoms with E-state index < -0.39 is 5.97 Å². The third-order valence-corrected chi connectivity index (χ3v) is 3.59. The van der Waals surface area contributed by atoms with Gasteiger partial charge in [-0.2, -0.15) is 0 Å². The maximum absolute atomic E-state index is 12.5. The van der Waals surface area contributed by atoms with Crippen LogP contribution in [0.5, 0.6) is 0 Å². The second kappa shape index (κ2) is 5.88. The van der Waals surface area contributed by atoms with Crippen molar-refractivity contribution in [1.29, 1.82) is 0 Å². The Morgan fingerprint density at radius 1 is 1.05 bits per heavy atom. The topological polar surface area (TPSA) is 80.4 Å². The van der Waals surface area contributed by atoms with Crippen molar-refractivity contribution in [2.45, 2.75) is 6.42 Å². The van der Waals surface area contributed by atoms with Crippen molar-refractivity contribution < 1.29 is 14.7 Å². The molecular formula is C15H12BrNO3. The summed E-state index contributed by atoms with van der Waals surface area (Å²) in [5, 5.41) is 8.83. The molecule has 2 aromatic carbocycles. The molecule has 3 N–H and O–H groups in total. The van der Waals surface area contributed by atoms with Crippen LogP contribution in [0.3, 0.4) is 0 Å². The fourth-order valence-electron chi connectivity index (χ4n) is 1.92. The molecule has 0 bridgehead atoms. The molecule has 2 aromatic rings. The highest BCUT2D eigenvalue weighted by atomic mass is 79.9. The number of para-hydroxylation sites is 1. The summed E-state index contributed by atoms with van der Waals surface area (Å²) in [6.07, 6.45) is -0.205. The van der Waals surface area contributed by atoms with E-state index in [1.807, 2.05) is 6.07 Å². The molecule has 0 aromatic heterocycles. The summed E-state index contributed by atoms with van der Waals surface area (Å²) in [6.45, 7) is 0. The van der Waals surface area contributed by atoms with Gasteiger partial charge in [0.1, 0.15) is 0 Å². The molecule has 2 rings (SSSR count). The Balaban J connectivity index is 2.46. The number of hydrogen-bond acceptors (Lipinski definition) is 3. The molecule has 0 aliphatic heterocycles. The number of benzene rings is 2. The van der Waals surface area contributed by atoms with Crippen molar-refractivity contribution in [3.63, 3.8) is 0 Å². The molecule has 0 atom stereocenters. The van der Waals surface area contributed by atoms with Crippen LogP contribution < -0.4 is 5.73 Å². The SMILES string of the molecule is Nc1c(CC(=O)O)cccc1C(=O)c1ccccc1Br. The first kappa shape index (κ1) is 14.3. The zero-order chi connectivity index (χ0) is 14.7. The summed E-state index contributed by atoms with van der Waals surface area (Å²) in [5.74, 6) is -1.22. The molecule has 0 fully saturated rings. The molecule has 0 aliphatic carbocycles. The van der Waals surface area contributed by atoms with Gasteiger partial charge in [-0.1, -0.05) is 40.2 Å². The molecule has 0 heterocycles. The minimum atomic E-state index is -0.984. The highest BCUT2D eigenvalue weighted by Crippen LogP contribution is 2.25. The third kappa shape index (κ3) is 2.88. The summed E-state index contributed by atoms with van der Waals surface area (Å²) in [4.78, 5) is 23.2. The smallest absolute Gasteiger partial charge is 0.307 e. The van der Waals surface area contributed by atoms with Gasteiger partial charge in [0.15, 0.2) is 5.78 Å². The molecule has 0 saturated carbocycles. The number of ketones is 1. The molecule has 0 saturated heterocycles. The maximum Gasteiger partial charge on any atom is 0.307 e. The predicted molar refractivity (Wildman–Crippen MR) is 79.8 cm³/mol. The number of carbonyl (C=O) groups is 2. The van der Waals surface area contributed by atoms with Gasteiger partial charge in [0.2, 0.25) is 0 Å². The lowest BCUT2D eigenvalue weighted by Crippen LogP contribution is -2.10. The molecule has 5 heteroatoms. The van der Waals surface area contributed by atoms with Crippen molar-refractivity contribution in [2.75, 3.05) is 5.73 Å². The van der Waals surface area contributed by atoms with Gasteiger partial charge in [-0.15, -0.1) is 0 Å². The van der Waals surface area contributed by atoms with Crippen molar-refractivity contribution in [2.24, 2.45) is 0 Å². The van der Waals surface area contributed by atoms with E-state index in [1.165, 1.54) is 0 Å². The lowest BCUT2D eigenvalue weighted by atomic mass is 9.98. The van der Waals surface area contributed by atoms with Gasteiger partial charge >= 0.3 is 5.97 Å². The van der Waals surface area contributed by atoms with Gasteiger partial charge < -0.3 is 10.8 Å². The van der Waals surface area contributed by atoms with E-state index in [-0.39, 0.29) is 17.9 Å². The normalized spacial score (nSPS) is 10.2. The van der Waals surface area contributed by atoms with Crippen LogP contribution in [0, 0.1) is 0 Å². The third-order valence-electron chi connectivity index (χ3n) is 2.90. The molecule has 0 spiro atoms. The predicted octanol–water partition coefficient (Wildman–Crippen LogP) is 2.89. The molecule has 0 aliphatic rings. The largest absolute Gasteiger partial charge is 0.481 e. The number of carbonyl (C=O) groups excluding carboxylic acids is 1. The number of nitrogens with two attached hydrogens (primary N) is 1. The summed E-state index contributed by atoms with van der Waals surface area (Å²) in [5.41, 5.74) is 7.39. The van der Waals surface area contributed by atoms with Crippen LogP contribution in [0.4, 0.5) is 5.69 Å². The highest BCUT2D eigenvalue weighted by Gasteiger charge is 2.17. The maximum atomic E-state index is 12.5. The standard InChI is InChI=1S/C15H12BrNO3/c16-12-7-2-1-5-10(12)15(20)11-6-3-4-9(14(11)17)8-13(18)19/h1-7H,8,17H2,(H,18,19). The monoisotopic (exact) mass is 333 g/mol. The van der Waals surface area contributed by atoms with E-state index in [1.54, 1.807) is 36.4 Å². The van der Waals surface area contributed by atoms with E-state index in [0.29, 0.717) is 21.2 Å². The number of aliphatic carboxylic acids is 1. The van der Waals surface area contributed by atoms with E-state index in [2.05, 4.69) is 15.9 Å². The average molecular weight is 334 g/mol. The van der Waals surface area contributed by atoms with E-state index in [4.69, 9.17) is 10.8 Å². The molecule has 102 valence electrons. The van der Waals surface area contributed by atoms with Crippen LogP contribution in [0.25, 0.3) is 0 Å². The lowest BCUT2D eigenvalue weighted by Gasteiger charge is -2.10. The molecule has 4 nitrogen and oxygen atoms in total. The second-order valence-electron chi connectivity index (χ2n) is 4.26. The van der Waals surface area contributed by atoms with E-state index in [0.717, 1.165) is 0 Å². The van der Waals surface area contributed by atoms with E-state index in [9.17, 15) is 9.59 Å². The first-order chi connectivity index (χ1) is 9.50. The van der Waals surface area contributed by atoms with Crippen LogP contribution >= 0.6 is 15.9 Å². The van der Waals surface area contributed by atoms with Crippen molar-refractivity contribution in [3.05, 3.63) is 63.6 Å². The Kier molecular flexibility index (Phi) is 4.20. The summed E-state index contributed by atoms with van der Waals surface area (Å²) < 4.78 is 0.674. The minimum absolute atomic E-state index is 0.205. The first-order valence-corrected chi connectivity index (χ1v) is 6.68. The zero-order valence-corrected chi connectivity index (χ0v) is 12.1. The van der Waals surface area contributed by atoms with Crippen molar-refractivity contribution >= 4 is 33.4 Å². The molecule has 0 amide bonds. The average Bonchev–Trinajstić information content (AvgIpc) is 2.40. The van der Waals surface area contributed by atoms with Gasteiger partial charge in [0.05, 0.1) is 6.42 Å². The summed E-state index contributed by atoms with van der Waals surface area (Å²) in [7, 11) is 0. The van der Waals surface area contributed by atoms with Crippen LogP contribution in [0.15, 0.2) is 46.9 Å². The van der Waals surface area contributed by atoms with Crippen molar-refractivity contribution in [1.82, 2.24) is 0 Å². The van der Waals surface area contributed by atoms with Gasteiger partial charge in [-0.3, -0.25) is 9.59 Å². The Morgan fingerprint density at radius 2 is 1.70 bits per heavy atom. The Hall–Kier alpha value is -2.14. The number of carboxylic acids is 1. The van der Waals surface area contributed by atoms with Gasteiger partial charge in [0, 0.05) is 21.3 Å². The fraction of sp³-hybridized carbons (Fsp3) is 0.0667. The molecule has 0 radical (unpaired) electrons. The quantitative estimate of drug-likeness (QED) is 0.665. The minimum Gasteiger partial charge on any atom is -0.481 e. The number of anilines is 1. The second-order valence-corrected chi connectivity index (χ2v) is 5.11. The summed E-state index contributed by atoms with van der Waals surface area (Å²) >= 11 is 3.32. The lowest BCUT2D eigenvalue weighted by molar-refractivity contribution is -0.136. The van der Waals surface area contributed by atoms with Gasteiger partial charge in [0.25, 0.3) is 0 Å².